The Labute approximate surface area is 168 Å². The van der Waals surface area contributed by atoms with Crippen molar-refractivity contribution in [3.8, 4) is 0 Å². The van der Waals surface area contributed by atoms with Crippen molar-refractivity contribution in [3.05, 3.63) is 95.6 Å². The molecule has 27 heavy (non-hydrogen) atoms. The number of benzene rings is 1. The van der Waals surface area contributed by atoms with Crippen LogP contribution in [0.3, 0.4) is 0 Å². The molecular weight excluding hydrogens is 324 g/mol. The van der Waals surface area contributed by atoms with Gasteiger partial charge in [0.1, 0.15) is 0 Å². The normalized spacial score (nSPS) is 15.9. The van der Waals surface area contributed by atoms with Crippen molar-refractivity contribution in [2.24, 2.45) is 11.3 Å². The molecular formula is C27H38. The summed E-state index contributed by atoms with van der Waals surface area (Å²) < 4.78 is 0. The van der Waals surface area contributed by atoms with Crippen LogP contribution in [0.5, 0.6) is 0 Å². The number of hydrogen-bond donors (Lipinski definition) is 0. The fourth-order valence-corrected chi connectivity index (χ4v) is 3.55. The third-order valence-electron chi connectivity index (χ3n) is 5.99. The maximum atomic E-state index is 3.97. The molecule has 0 aromatic heterocycles. The number of rotatable bonds is 8. The molecule has 0 saturated carbocycles. The molecule has 0 spiro atoms. The predicted molar refractivity (Wildman–Crippen MR) is 123 cm³/mol. The van der Waals surface area contributed by atoms with Crippen LogP contribution in [0.1, 0.15) is 61.0 Å². The van der Waals surface area contributed by atoms with Crippen molar-refractivity contribution in [2.75, 3.05) is 0 Å². The van der Waals surface area contributed by atoms with Crippen molar-refractivity contribution >= 4 is 0 Å². The molecule has 146 valence electrons. The Morgan fingerprint density at radius 2 is 1.59 bits per heavy atom. The molecule has 0 fully saturated rings. The lowest BCUT2D eigenvalue weighted by molar-refractivity contribution is 0.408. The van der Waals surface area contributed by atoms with Gasteiger partial charge in [0.25, 0.3) is 0 Å². The van der Waals surface area contributed by atoms with Crippen LogP contribution in [-0.4, -0.2) is 0 Å². The highest BCUT2D eigenvalue weighted by molar-refractivity contribution is 5.44. The SMILES string of the molecule is C=C/C(C)=C(\C=C/C)C(C)(C)C(/C=C\C(C)C(C)(C)c1ccccc1)=C/C. The van der Waals surface area contributed by atoms with Crippen LogP contribution in [0.15, 0.2) is 90.1 Å². The Morgan fingerprint density at radius 1 is 1.00 bits per heavy atom. The van der Waals surface area contributed by atoms with Gasteiger partial charge in [-0.2, -0.15) is 0 Å². The molecule has 1 atom stereocenters. The lowest BCUT2D eigenvalue weighted by atomic mass is 9.72. The van der Waals surface area contributed by atoms with Crippen LogP contribution in [0.4, 0.5) is 0 Å². The zero-order valence-electron chi connectivity index (χ0n) is 18.6. The summed E-state index contributed by atoms with van der Waals surface area (Å²) in [5.74, 6) is 0.417. The molecule has 0 radical (unpaired) electrons. The van der Waals surface area contributed by atoms with Gasteiger partial charge in [-0.1, -0.05) is 108 Å². The van der Waals surface area contributed by atoms with Gasteiger partial charge in [0.05, 0.1) is 0 Å². The third-order valence-corrected chi connectivity index (χ3v) is 5.99. The van der Waals surface area contributed by atoms with Gasteiger partial charge >= 0.3 is 0 Å². The van der Waals surface area contributed by atoms with E-state index < -0.39 is 0 Å². The first kappa shape index (κ1) is 23.0. The van der Waals surface area contributed by atoms with E-state index in [9.17, 15) is 0 Å². The largest absolute Gasteiger partial charge is 0.0988 e. The van der Waals surface area contributed by atoms with E-state index >= 15 is 0 Å². The smallest absolute Gasteiger partial charge is 0.0145 e. The highest BCUT2D eigenvalue weighted by atomic mass is 14.3. The van der Waals surface area contributed by atoms with E-state index in [1.54, 1.807) is 0 Å². The molecule has 0 bridgehead atoms. The molecule has 0 aliphatic carbocycles. The van der Waals surface area contributed by atoms with Crippen LogP contribution in [0.2, 0.25) is 0 Å². The summed E-state index contributed by atoms with van der Waals surface area (Å²) in [4.78, 5) is 0. The fraction of sp³-hybridized carbons (Fsp3) is 0.407. The summed E-state index contributed by atoms with van der Waals surface area (Å²) in [7, 11) is 0. The Balaban J connectivity index is 3.22. The molecule has 1 unspecified atom stereocenters. The summed E-state index contributed by atoms with van der Waals surface area (Å²) in [6.07, 6.45) is 13.2. The first-order chi connectivity index (χ1) is 12.6. The summed E-state index contributed by atoms with van der Waals surface area (Å²) in [6.45, 7) is 21.9. The molecule has 1 aromatic carbocycles. The highest BCUT2D eigenvalue weighted by Crippen LogP contribution is 2.39. The standard InChI is InChI=1S/C27H38/c1-10-16-25(21(4)11-2)27(8,9)23(12-3)20-19-22(5)26(6,7)24-17-14-13-15-18-24/h10-20,22H,2H2,1,3-9H3/b16-10-,20-19-,23-12+,25-21+. The topological polar surface area (TPSA) is 0 Å². The molecule has 0 aliphatic rings. The summed E-state index contributed by atoms with van der Waals surface area (Å²) >= 11 is 0. The van der Waals surface area contributed by atoms with Crippen LogP contribution in [0, 0.1) is 11.3 Å². The number of hydrogen-bond acceptors (Lipinski definition) is 0. The van der Waals surface area contributed by atoms with E-state index in [-0.39, 0.29) is 10.8 Å². The minimum absolute atomic E-state index is 0.0767. The summed E-state index contributed by atoms with van der Waals surface area (Å²) in [6, 6.07) is 10.8. The van der Waals surface area contributed by atoms with Gasteiger partial charge in [-0.3, -0.25) is 0 Å². The van der Waals surface area contributed by atoms with Gasteiger partial charge in [0, 0.05) is 5.41 Å². The quantitative estimate of drug-likeness (QED) is 0.409. The molecule has 0 nitrogen and oxygen atoms in total. The molecule has 1 aromatic rings. The zero-order valence-corrected chi connectivity index (χ0v) is 18.6. The molecule has 0 amide bonds. The molecule has 0 saturated heterocycles. The van der Waals surface area contributed by atoms with Gasteiger partial charge in [-0.15, -0.1) is 0 Å². The van der Waals surface area contributed by atoms with Gasteiger partial charge in [0.2, 0.25) is 0 Å². The zero-order chi connectivity index (χ0) is 20.7. The first-order valence-electron chi connectivity index (χ1n) is 9.99. The minimum Gasteiger partial charge on any atom is -0.0988 e. The average molecular weight is 363 g/mol. The van der Waals surface area contributed by atoms with E-state index in [2.05, 4.69) is 123 Å². The highest BCUT2D eigenvalue weighted by Gasteiger charge is 2.28. The Bertz CT molecular complexity index is 734. The van der Waals surface area contributed by atoms with Crippen molar-refractivity contribution < 1.29 is 0 Å². The van der Waals surface area contributed by atoms with Crippen molar-refractivity contribution in [1.29, 1.82) is 0 Å². The van der Waals surface area contributed by atoms with E-state index in [4.69, 9.17) is 0 Å². The predicted octanol–water partition coefficient (Wildman–Crippen LogP) is 8.21. The Kier molecular flexibility index (Phi) is 8.28. The van der Waals surface area contributed by atoms with E-state index in [1.807, 2.05) is 6.08 Å². The van der Waals surface area contributed by atoms with Gasteiger partial charge < -0.3 is 0 Å². The Morgan fingerprint density at radius 3 is 2.07 bits per heavy atom. The van der Waals surface area contributed by atoms with Gasteiger partial charge in [0.15, 0.2) is 0 Å². The summed E-state index contributed by atoms with van der Waals surface area (Å²) in [5.41, 5.74) is 5.25. The van der Waals surface area contributed by atoms with Crippen LogP contribution < -0.4 is 0 Å². The second-order valence-corrected chi connectivity index (χ2v) is 8.41. The molecule has 0 aliphatic heterocycles. The molecule has 0 heterocycles. The van der Waals surface area contributed by atoms with Crippen LogP contribution in [0.25, 0.3) is 0 Å². The second-order valence-electron chi connectivity index (χ2n) is 8.41. The molecule has 1 rings (SSSR count). The lowest BCUT2D eigenvalue weighted by Gasteiger charge is -2.32. The number of allylic oxidation sites excluding steroid dienone is 9. The van der Waals surface area contributed by atoms with Gasteiger partial charge in [-0.25, -0.2) is 0 Å². The van der Waals surface area contributed by atoms with Crippen molar-refractivity contribution in [1.82, 2.24) is 0 Å². The van der Waals surface area contributed by atoms with E-state index in [1.165, 1.54) is 22.3 Å². The van der Waals surface area contributed by atoms with Crippen LogP contribution >= 0.6 is 0 Å². The monoisotopic (exact) mass is 362 g/mol. The summed E-state index contributed by atoms with van der Waals surface area (Å²) in [5, 5.41) is 0. The van der Waals surface area contributed by atoms with Crippen molar-refractivity contribution in [3.63, 3.8) is 0 Å². The average Bonchev–Trinajstić information content (AvgIpc) is 2.66. The lowest BCUT2D eigenvalue weighted by Crippen LogP contribution is -2.25. The van der Waals surface area contributed by atoms with Gasteiger partial charge in [-0.05, 0) is 54.4 Å². The van der Waals surface area contributed by atoms with Crippen LogP contribution in [-0.2, 0) is 5.41 Å². The van der Waals surface area contributed by atoms with E-state index in [0.29, 0.717) is 5.92 Å². The first-order valence-corrected chi connectivity index (χ1v) is 9.99. The molecule has 0 N–H and O–H groups in total. The van der Waals surface area contributed by atoms with Crippen molar-refractivity contribution in [2.45, 2.75) is 60.8 Å². The third kappa shape index (κ3) is 5.45. The maximum absolute atomic E-state index is 3.97. The Hall–Kier alpha value is -2.08. The molecule has 0 heteroatoms. The maximum Gasteiger partial charge on any atom is 0.0145 e. The fourth-order valence-electron chi connectivity index (χ4n) is 3.55. The minimum atomic E-state index is -0.0767. The second kappa shape index (κ2) is 9.74. The van der Waals surface area contributed by atoms with E-state index in [0.717, 1.165) is 0 Å².